The van der Waals surface area contributed by atoms with Crippen LogP contribution in [-0.2, 0) is 16.0 Å². The lowest BCUT2D eigenvalue weighted by molar-refractivity contribution is -0.128. The standard InChI is InChI=1S/C29H33N3O2/c1-19(2)27(31)29(34)32-25-18-10-17-24(30)26(25)22-15-9-8-14-21(22)23(28(32)33)16-7-6-13-20-11-4-3-5-12-20/h3-5,8-12,14-15,17-19,23,27H,6-7,13,16,30-31H2,1-2H3/t23?,27-/m0/s1. The molecule has 4 N–H and O–H groups in total. The molecule has 0 saturated carbocycles. The number of anilines is 2. The molecule has 3 aromatic rings. The van der Waals surface area contributed by atoms with Crippen LogP contribution in [0.3, 0.4) is 0 Å². The summed E-state index contributed by atoms with van der Waals surface area (Å²) in [7, 11) is 0. The quantitative estimate of drug-likeness (QED) is 0.374. The first kappa shape index (κ1) is 23.7. The van der Waals surface area contributed by atoms with E-state index in [-0.39, 0.29) is 17.7 Å². The molecule has 3 aromatic carbocycles. The number of benzene rings is 3. The average Bonchev–Trinajstić information content (AvgIpc) is 2.94. The van der Waals surface area contributed by atoms with E-state index in [4.69, 9.17) is 11.5 Å². The predicted molar refractivity (Wildman–Crippen MR) is 138 cm³/mol. The number of carbonyl (C=O) groups is 2. The van der Waals surface area contributed by atoms with E-state index in [2.05, 4.69) is 12.1 Å². The second-order valence-electron chi connectivity index (χ2n) is 9.39. The normalized spacial score (nSPS) is 16.1. The third-order valence-corrected chi connectivity index (χ3v) is 6.71. The van der Waals surface area contributed by atoms with E-state index >= 15 is 0 Å². The molecule has 0 radical (unpaired) electrons. The van der Waals surface area contributed by atoms with Crippen LogP contribution in [0.1, 0.15) is 50.2 Å². The lowest BCUT2D eigenvalue weighted by Gasteiger charge is -2.28. The first-order valence-electron chi connectivity index (χ1n) is 12.0. The minimum Gasteiger partial charge on any atom is -0.398 e. The van der Waals surface area contributed by atoms with Crippen molar-refractivity contribution in [3.8, 4) is 11.1 Å². The fraction of sp³-hybridized carbons (Fsp3) is 0.310. The number of hydrogen-bond acceptors (Lipinski definition) is 4. The summed E-state index contributed by atoms with van der Waals surface area (Å²) in [4.78, 5) is 28.9. The minimum absolute atomic E-state index is 0.0974. The molecule has 176 valence electrons. The smallest absolute Gasteiger partial charge is 0.250 e. The Kier molecular flexibility index (Phi) is 7.13. The van der Waals surface area contributed by atoms with Crippen LogP contribution in [0, 0.1) is 5.92 Å². The van der Waals surface area contributed by atoms with Crippen LogP contribution >= 0.6 is 0 Å². The third kappa shape index (κ3) is 4.62. The fourth-order valence-electron chi connectivity index (χ4n) is 4.74. The number of unbranched alkanes of at least 4 members (excludes halogenated alkanes) is 1. The monoisotopic (exact) mass is 455 g/mol. The number of nitrogens with two attached hydrogens (primary N) is 2. The van der Waals surface area contributed by atoms with Crippen molar-refractivity contribution >= 4 is 23.2 Å². The summed E-state index contributed by atoms with van der Waals surface area (Å²) in [6, 6.07) is 22.8. The van der Waals surface area contributed by atoms with Crippen molar-refractivity contribution in [2.24, 2.45) is 11.7 Å². The Morgan fingerprint density at radius 3 is 2.38 bits per heavy atom. The number of hydrogen-bond donors (Lipinski definition) is 2. The Hall–Kier alpha value is -3.44. The lowest BCUT2D eigenvalue weighted by atomic mass is 9.87. The second-order valence-corrected chi connectivity index (χ2v) is 9.39. The molecule has 4 rings (SSSR count). The number of nitrogens with zero attached hydrogens (tertiary/aromatic N) is 1. The number of carbonyl (C=O) groups excluding carboxylic acids is 2. The molecule has 0 spiro atoms. The maximum Gasteiger partial charge on any atom is 0.250 e. The highest BCUT2D eigenvalue weighted by atomic mass is 16.2. The van der Waals surface area contributed by atoms with Gasteiger partial charge in [0.05, 0.1) is 17.6 Å². The first-order chi connectivity index (χ1) is 16.4. The van der Waals surface area contributed by atoms with Crippen molar-refractivity contribution in [3.63, 3.8) is 0 Å². The largest absolute Gasteiger partial charge is 0.398 e. The summed E-state index contributed by atoms with van der Waals surface area (Å²) in [5.74, 6) is -1.15. The van der Waals surface area contributed by atoms with E-state index in [1.54, 1.807) is 12.1 Å². The molecule has 2 amide bonds. The molecule has 0 fully saturated rings. The molecule has 0 saturated heterocycles. The van der Waals surface area contributed by atoms with E-state index in [9.17, 15) is 9.59 Å². The van der Waals surface area contributed by atoms with Crippen LogP contribution in [0.2, 0.25) is 0 Å². The molecule has 1 aliphatic rings. The van der Waals surface area contributed by atoms with E-state index in [0.717, 1.165) is 36.0 Å². The Bertz CT molecular complexity index is 1170. The third-order valence-electron chi connectivity index (χ3n) is 6.71. The van der Waals surface area contributed by atoms with E-state index < -0.39 is 12.0 Å². The second kappa shape index (κ2) is 10.2. The average molecular weight is 456 g/mol. The van der Waals surface area contributed by atoms with Gasteiger partial charge in [0.2, 0.25) is 5.91 Å². The zero-order valence-corrected chi connectivity index (χ0v) is 19.9. The van der Waals surface area contributed by atoms with E-state index in [1.807, 2.05) is 62.4 Å². The van der Waals surface area contributed by atoms with Crippen LogP contribution in [0.15, 0.2) is 72.8 Å². The van der Waals surface area contributed by atoms with E-state index in [1.165, 1.54) is 10.5 Å². The first-order valence-corrected chi connectivity index (χ1v) is 12.0. The summed E-state index contributed by atoms with van der Waals surface area (Å²) in [6.45, 7) is 3.78. The molecule has 0 aliphatic carbocycles. The summed E-state index contributed by atoms with van der Waals surface area (Å²) in [5.41, 5.74) is 17.6. The van der Waals surface area contributed by atoms with Gasteiger partial charge in [-0.25, -0.2) is 4.90 Å². The highest BCUT2D eigenvalue weighted by molar-refractivity contribution is 6.22. The van der Waals surface area contributed by atoms with Gasteiger partial charge in [-0.1, -0.05) is 80.9 Å². The molecule has 2 atom stereocenters. The molecule has 5 heteroatoms. The summed E-state index contributed by atoms with van der Waals surface area (Å²) in [5, 5.41) is 0. The molecule has 34 heavy (non-hydrogen) atoms. The van der Waals surface area contributed by atoms with Gasteiger partial charge >= 0.3 is 0 Å². The topological polar surface area (TPSA) is 89.4 Å². The van der Waals surface area contributed by atoms with Gasteiger partial charge in [-0.15, -0.1) is 0 Å². The van der Waals surface area contributed by atoms with Crippen molar-refractivity contribution in [2.45, 2.75) is 51.5 Å². The van der Waals surface area contributed by atoms with Crippen molar-refractivity contribution in [1.82, 2.24) is 0 Å². The van der Waals surface area contributed by atoms with Gasteiger partial charge in [-0.3, -0.25) is 9.59 Å². The number of rotatable bonds is 7. The highest BCUT2D eigenvalue weighted by Crippen LogP contribution is 2.45. The lowest BCUT2D eigenvalue weighted by Crippen LogP contribution is -2.50. The Labute approximate surface area is 201 Å². The van der Waals surface area contributed by atoms with Gasteiger partial charge < -0.3 is 11.5 Å². The molecule has 0 bridgehead atoms. The summed E-state index contributed by atoms with van der Waals surface area (Å²) in [6.07, 6.45) is 3.43. The molecule has 1 unspecified atom stereocenters. The van der Waals surface area contributed by atoms with Crippen LogP contribution in [0.5, 0.6) is 0 Å². The van der Waals surface area contributed by atoms with Gasteiger partial charge in [-0.05, 0) is 54.0 Å². The van der Waals surface area contributed by atoms with Gasteiger partial charge in [0.15, 0.2) is 0 Å². The van der Waals surface area contributed by atoms with Gasteiger partial charge in [0.25, 0.3) is 5.91 Å². The number of nitrogen functional groups attached to an aromatic ring is 1. The predicted octanol–water partition coefficient (Wildman–Crippen LogP) is 5.29. The maximum atomic E-state index is 14.0. The van der Waals surface area contributed by atoms with Gasteiger partial charge in [0, 0.05) is 11.3 Å². The number of aryl methyl sites for hydroxylation is 1. The molecule has 1 heterocycles. The van der Waals surface area contributed by atoms with Crippen molar-refractivity contribution in [2.75, 3.05) is 10.6 Å². The van der Waals surface area contributed by atoms with Crippen LogP contribution in [0.25, 0.3) is 11.1 Å². The van der Waals surface area contributed by atoms with Crippen LogP contribution in [-0.4, -0.2) is 17.9 Å². The Morgan fingerprint density at radius 1 is 0.941 bits per heavy atom. The van der Waals surface area contributed by atoms with Crippen molar-refractivity contribution < 1.29 is 9.59 Å². The fourth-order valence-corrected chi connectivity index (χ4v) is 4.74. The van der Waals surface area contributed by atoms with Crippen LogP contribution < -0.4 is 16.4 Å². The van der Waals surface area contributed by atoms with Gasteiger partial charge in [0.1, 0.15) is 0 Å². The Balaban J connectivity index is 1.71. The summed E-state index contributed by atoms with van der Waals surface area (Å²) >= 11 is 0. The zero-order chi connectivity index (χ0) is 24.2. The van der Waals surface area contributed by atoms with Crippen LogP contribution in [0.4, 0.5) is 11.4 Å². The van der Waals surface area contributed by atoms with Crippen molar-refractivity contribution in [1.29, 1.82) is 0 Å². The number of fused-ring (bicyclic) bond motifs is 3. The SMILES string of the molecule is CC(C)[C@H](N)C(=O)N1C(=O)C(CCCCc2ccccc2)c2ccccc2-c2c(N)cccc21. The molecular formula is C29H33N3O2. The van der Waals surface area contributed by atoms with E-state index in [0.29, 0.717) is 17.8 Å². The van der Waals surface area contributed by atoms with Gasteiger partial charge in [-0.2, -0.15) is 0 Å². The molecule has 5 nitrogen and oxygen atoms in total. The minimum atomic E-state index is -0.779. The molecule has 0 aromatic heterocycles. The summed E-state index contributed by atoms with van der Waals surface area (Å²) < 4.78 is 0. The number of imide groups is 1. The number of amides is 2. The molecular weight excluding hydrogens is 422 g/mol. The zero-order valence-electron chi connectivity index (χ0n) is 19.9. The maximum absolute atomic E-state index is 14.0. The highest BCUT2D eigenvalue weighted by Gasteiger charge is 2.39. The molecule has 1 aliphatic heterocycles. The van der Waals surface area contributed by atoms with Crippen molar-refractivity contribution in [3.05, 3.63) is 83.9 Å². The Morgan fingerprint density at radius 2 is 1.65 bits per heavy atom.